The summed E-state index contributed by atoms with van der Waals surface area (Å²) in [4.78, 5) is 10.3. The van der Waals surface area contributed by atoms with Crippen molar-refractivity contribution in [2.45, 2.75) is 0 Å². The molecule has 0 saturated heterocycles. The zero-order valence-electron chi connectivity index (χ0n) is 10.1. The van der Waals surface area contributed by atoms with E-state index in [1.807, 2.05) is 0 Å². The summed E-state index contributed by atoms with van der Waals surface area (Å²) in [6.45, 7) is 0.0733. The predicted molar refractivity (Wildman–Crippen MR) is 76.8 cm³/mol. The molecule has 1 aromatic carbocycles. The van der Waals surface area contributed by atoms with Gasteiger partial charge in [0.2, 0.25) is 14.8 Å². The molecule has 10 heteroatoms. The van der Waals surface area contributed by atoms with Gasteiger partial charge in [-0.1, -0.05) is 6.07 Å². The number of nitro groups is 1. The first-order valence-corrected chi connectivity index (χ1v) is 8.64. The third-order valence-electron chi connectivity index (χ3n) is 2.09. The topological polar surface area (TPSA) is 95.7 Å². The Morgan fingerprint density at radius 3 is 2.60 bits per heavy atom. The molecule has 0 aliphatic heterocycles. The number of nitrogens with zero attached hydrogens (tertiary/aromatic N) is 1. The molecular formula is C10H11BrClNO6S. The largest absolute Gasteiger partial charge is 0.484 e. The number of halogens is 2. The van der Waals surface area contributed by atoms with E-state index in [0.29, 0.717) is 4.47 Å². The van der Waals surface area contributed by atoms with E-state index in [9.17, 15) is 18.5 Å². The normalized spacial score (nSPS) is 11.3. The van der Waals surface area contributed by atoms with Crippen LogP contribution < -0.4 is 4.74 Å². The molecule has 0 atom stereocenters. The Labute approximate surface area is 128 Å². The lowest BCUT2D eigenvalue weighted by Crippen LogP contribution is -2.12. The molecule has 7 nitrogen and oxygen atoms in total. The zero-order valence-corrected chi connectivity index (χ0v) is 13.3. The van der Waals surface area contributed by atoms with E-state index in [1.54, 1.807) is 6.07 Å². The minimum Gasteiger partial charge on any atom is -0.484 e. The molecule has 1 rings (SSSR count). The Morgan fingerprint density at radius 2 is 2.00 bits per heavy atom. The van der Waals surface area contributed by atoms with Gasteiger partial charge in [0.05, 0.1) is 28.4 Å². The quantitative estimate of drug-likeness (QED) is 0.293. The third-order valence-corrected chi connectivity index (χ3v) is 3.83. The summed E-state index contributed by atoms with van der Waals surface area (Å²) < 4.78 is 32.0. The van der Waals surface area contributed by atoms with Gasteiger partial charge < -0.3 is 9.47 Å². The summed E-state index contributed by atoms with van der Waals surface area (Å²) in [6.07, 6.45) is 0. The molecule has 0 heterocycles. The smallest absolute Gasteiger partial charge is 0.312 e. The van der Waals surface area contributed by atoms with Gasteiger partial charge in [-0.15, -0.1) is 0 Å². The molecule has 0 aliphatic rings. The van der Waals surface area contributed by atoms with Gasteiger partial charge in [0.15, 0.2) is 0 Å². The Balaban J connectivity index is 2.45. The molecule has 0 radical (unpaired) electrons. The van der Waals surface area contributed by atoms with Crippen LogP contribution in [0.15, 0.2) is 22.7 Å². The lowest BCUT2D eigenvalue weighted by atomic mass is 10.3. The first kappa shape index (κ1) is 17.2. The molecule has 1 aromatic rings. The van der Waals surface area contributed by atoms with Gasteiger partial charge >= 0.3 is 5.69 Å². The van der Waals surface area contributed by atoms with E-state index in [0.717, 1.165) is 0 Å². The van der Waals surface area contributed by atoms with Crippen LogP contribution in [0, 0.1) is 10.1 Å². The molecule has 0 aliphatic carbocycles. The molecule has 0 bridgehead atoms. The average Bonchev–Trinajstić information content (AvgIpc) is 2.33. The van der Waals surface area contributed by atoms with E-state index < -0.39 is 14.0 Å². The van der Waals surface area contributed by atoms with Crippen LogP contribution in [-0.4, -0.2) is 38.9 Å². The third kappa shape index (κ3) is 6.04. The minimum atomic E-state index is -3.58. The van der Waals surface area contributed by atoms with Crippen molar-refractivity contribution >= 4 is 41.4 Å². The maximum Gasteiger partial charge on any atom is 0.312 e. The van der Waals surface area contributed by atoms with Crippen LogP contribution in [0.4, 0.5) is 5.69 Å². The van der Waals surface area contributed by atoms with Crippen LogP contribution in [0.2, 0.25) is 0 Å². The molecular weight excluding hydrogens is 378 g/mol. The van der Waals surface area contributed by atoms with Gasteiger partial charge in [0, 0.05) is 16.7 Å². The molecule has 0 N–H and O–H groups in total. The number of para-hydroxylation sites is 1. The first-order chi connectivity index (χ1) is 9.31. The monoisotopic (exact) mass is 387 g/mol. The average molecular weight is 389 g/mol. The SMILES string of the molecule is O=[N+]([O-])c1cccc(Br)c1OCCOCCS(=O)(=O)Cl. The van der Waals surface area contributed by atoms with Crippen molar-refractivity contribution in [3.05, 3.63) is 32.8 Å². The molecule has 0 fully saturated rings. The molecule has 0 spiro atoms. The summed E-state index contributed by atoms with van der Waals surface area (Å²) in [5.41, 5.74) is -0.164. The number of hydrogen-bond donors (Lipinski definition) is 0. The van der Waals surface area contributed by atoms with Crippen molar-refractivity contribution in [3.63, 3.8) is 0 Å². The second kappa shape index (κ2) is 7.77. The lowest BCUT2D eigenvalue weighted by molar-refractivity contribution is -0.386. The summed E-state index contributed by atoms with van der Waals surface area (Å²) in [5.74, 6) is -0.199. The van der Waals surface area contributed by atoms with Crippen LogP contribution in [0.1, 0.15) is 0 Å². The minimum absolute atomic E-state index is 0.0474. The fraction of sp³-hybridized carbons (Fsp3) is 0.400. The van der Waals surface area contributed by atoms with Gasteiger partial charge in [0.1, 0.15) is 6.61 Å². The van der Waals surface area contributed by atoms with Crippen molar-refractivity contribution in [3.8, 4) is 5.75 Å². The molecule has 0 amide bonds. The van der Waals surface area contributed by atoms with Gasteiger partial charge in [0.25, 0.3) is 0 Å². The Kier molecular flexibility index (Phi) is 6.66. The fourth-order valence-corrected chi connectivity index (χ4v) is 2.22. The summed E-state index contributed by atoms with van der Waals surface area (Å²) in [7, 11) is 1.42. The zero-order chi connectivity index (χ0) is 15.2. The summed E-state index contributed by atoms with van der Waals surface area (Å²) in [6, 6.07) is 4.46. The standard InChI is InChI=1S/C10H11BrClNO6S/c11-8-2-1-3-9(13(14)15)10(8)19-5-4-18-6-7-20(12,16)17/h1-3H,4-7H2. The summed E-state index contributed by atoms with van der Waals surface area (Å²) >= 11 is 3.16. The van der Waals surface area contributed by atoms with Crippen molar-refractivity contribution in [2.75, 3.05) is 25.6 Å². The molecule has 0 saturated carbocycles. The Hall–Kier alpha value is -0.900. The van der Waals surface area contributed by atoms with Gasteiger partial charge in [-0.25, -0.2) is 8.42 Å². The van der Waals surface area contributed by atoms with Gasteiger partial charge in [-0.2, -0.15) is 0 Å². The highest BCUT2D eigenvalue weighted by Gasteiger charge is 2.17. The van der Waals surface area contributed by atoms with E-state index in [4.69, 9.17) is 20.2 Å². The van der Waals surface area contributed by atoms with E-state index in [2.05, 4.69) is 15.9 Å². The van der Waals surface area contributed by atoms with E-state index >= 15 is 0 Å². The fourth-order valence-electron chi connectivity index (χ4n) is 1.25. The van der Waals surface area contributed by atoms with E-state index in [1.165, 1.54) is 12.1 Å². The number of ether oxygens (including phenoxy) is 2. The van der Waals surface area contributed by atoms with Crippen LogP contribution >= 0.6 is 26.6 Å². The molecule has 20 heavy (non-hydrogen) atoms. The number of rotatable bonds is 8. The predicted octanol–water partition coefficient (Wildman–Crippen LogP) is 2.32. The first-order valence-electron chi connectivity index (χ1n) is 5.37. The van der Waals surface area contributed by atoms with Crippen molar-refractivity contribution < 1.29 is 22.8 Å². The Morgan fingerprint density at radius 1 is 1.30 bits per heavy atom. The highest BCUT2D eigenvalue weighted by Crippen LogP contribution is 2.34. The number of benzene rings is 1. The van der Waals surface area contributed by atoms with Crippen molar-refractivity contribution in [1.29, 1.82) is 0 Å². The van der Waals surface area contributed by atoms with Crippen LogP contribution in [0.5, 0.6) is 5.75 Å². The van der Waals surface area contributed by atoms with Crippen molar-refractivity contribution in [2.24, 2.45) is 0 Å². The second-order valence-corrected chi connectivity index (χ2v) is 7.30. The molecule has 0 unspecified atom stereocenters. The molecule has 0 aromatic heterocycles. The number of nitro benzene ring substituents is 1. The highest BCUT2D eigenvalue weighted by molar-refractivity contribution is 9.10. The lowest BCUT2D eigenvalue weighted by Gasteiger charge is -2.08. The molecule has 112 valence electrons. The maximum absolute atomic E-state index is 10.8. The highest BCUT2D eigenvalue weighted by atomic mass is 79.9. The van der Waals surface area contributed by atoms with Crippen LogP contribution in [0.3, 0.4) is 0 Å². The van der Waals surface area contributed by atoms with Crippen LogP contribution in [0.25, 0.3) is 0 Å². The number of hydrogen-bond acceptors (Lipinski definition) is 6. The van der Waals surface area contributed by atoms with Crippen molar-refractivity contribution in [1.82, 2.24) is 0 Å². The van der Waals surface area contributed by atoms with Gasteiger partial charge in [-0.3, -0.25) is 10.1 Å². The second-order valence-electron chi connectivity index (χ2n) is 3.55. The maximum atomic E-state index is 10.8. The van der Waals surface area contributed by atoms with E-state index in [-0.39, 0.29) is 37.0 Å². The Bertz CT molecular complexity index is 579. The van der Waals surface area contributed by atoms with Crippen LogP contribution in [-0.2, 0) is 13.8 Å². The van der Waals surface area contributed by atoms with Gasteiger partial charge in [-0.05, 0) is 22.0 Å². The summed E-state index contributed by atoms with van der Waals surface area (Å²) in [5, 5.41) is 10.8.